The number of hydrogen-bond donors (Lipinski definition) is 0. The molecule has 11 aromatic heterocycles. The number of aromatic nitrogens is 28. The summed E-state index contributed by atoms with van der Waals surface area (Å²) in [5.74, 6) is 4.47. The molecule has 11 heterocycles. The summed E-state index contributed by atoms with van der Waals surface area (Å²) < 4.78 is 0. The number of hydrogen-bond acceptors (Lipinski definition) is 28. The molecule has 0 spiro atoms. The van der Waals surface area contributed by atoms with Crippen LogP contribution in [0, 0.1) is 118 Å². The second kappa shape index (κ2) is 44.3. The van der Waals surface area contributed by atoms with Gasteiger partial charge in [0.1, 0.15) is 60.3 Å². The van der Waals surface area contributed by atoms with E-state index in [1.807, 2.05) is 141 Å². The van der Waals surface area contributed by atoms with Crippen LogP contribution in [-0.4, -0.2) is 141 Å². The van der Waals surface area contributed by atoms with Gasteiger partial charge in [-0.05, 0) is 154 Å². The van der Waals surface area contributed by atoms with E-state index in [2.05, 4.69) is 141 Å². The molecule has 0 saturated carbocycles. The van der Waals surface area contributed by atoms with E-state index >= 15 is 0 Å². The van der Waals surface area contributed by atoms with Crippen molar-refractivity contribution < 1.29 is 0 Å². The van der Waals surface area contributed by atoms with E-state index in [1.165, 1.54) is 25.3 Å². The molecule has 0 atom stereocenters. The molecule has 0 saturated heterocycles. The van der Waals surface area contributed by atoms with Crippen molar-refractivity contribution >= 4 is 0 Å². The molecular formula is C55H72N28. The Morgan fingerprint density at radius 1 is 0.229 bits per heavy atom. The Morgan fingerprint density at radius 3 is 1.05 bits per heavy atom. The summed E-state index contributed by atoms with van der Waals surface area (Å²) in [5.41, 5.74) is 10.7. The first-order valence-corrected chi connectivity index (χ1v) is 25.1. The maximum absolute atomic E-state index is 4.11. The van der Waals surface area contributed by atoms with E-state index in [9.17, 15) is 0 Å². The van der Waals surface area contributed by atoms with Gasteiger partial charge in [-0.3, -0.25) is 19.9 Å². The van der Waals surface area contributed by atoms with E-state index in [4.69, 9.17) is 0 Å². The van der Waals surface area contributed by atoms with Crippen molar-refractivity contribution in [2.45, 2.75) is 118 Å². The fraction of sp³-hybridized carbons (Fsp3) is 0.309. The van der Waals surface area contributed by atoms with Gasteiger partial charge < -0.3 is 0 Å². The topological polar surface area (TPSA) is 361 Å². The molecule has 28 nitrogen and oxygen atoms in total. The maximum atomic E-state index is 4.11. The van der Waals surface area contributed by atoms with Gasteiger partial charge in [-0.15, -0.1) is 20.4 Å². The first-order chi connectivity index (χ1) is 39.7. The lowest BCUT2D eigenvalue weighted by atomic mass is 10.4. The lowest BCUT2D eigenvalue weighted by Crippen LogP contribution is -1.91. The van der Waals surface area contributed by atoms with Gasteiger partial charge in [0.25, 0.3) is 0 Å². The van der Waals surface area contributed by atoms with Crippen LogP contribution in [0.1, 0.15) is 97.4 Å². The summed E-state index contributed by atoms with van der Waals surface area (Å²) in [6.45, 7) is 32.0. The number of nitrogens with zero attached hydrogens (tertiary/aromatic N) is 28. The Morgan fingerprint density at radius 2 is 0.759 bits per heavy atom. The monoisotopic (exact) mass is 1120 g/mol. The minimum atomic E-state index is 0.711. The van der Waals surface area contributed by atoms with Crippen molar-refractivity contribution in [2.24, 2.45) is 0 Å². The van der Waals surface area contributed by atoms with Crippen LogP contribution in [0.4, 0.5) is 0 Å². The summed E-state index contributed by atoms with van der Waals surface area (Å²) in [6.07, 6.45) is 25.9. The van der Waals surface area contributed by atoms with E-state index in [1.54, 1.807) is 81.3 Å². The third-order valence-corrected chi connectivity index (χ3v) is 8.60. The predicted octanol–water partition coefficient (Wildman–Crippen LogP) is 6.86. The summed E-state index contributed by atoms with van der Waals surface area (Å²) >= 11 is 0. The summed E-state index contributed by atoms with van der Waals surface area (Å²) in [6, 6.07) is 9.58. The molecule has 0 fully saturated rings. The first kappa shape index (κ1) is 70.5. The maximum Gasteiger partial charge on any atom is 0.148 e. The van der Waals surface area contributed by atoms with Gasteiger partial charge in [0, 0.05) is 43.4 Å². The molecule has 432 valence electrons. The molecule has 0 radical (unpaired) electrons. The largest absolute Gasteiger partial charge is 0.261 e. The Balaban J connectivity index is 0.000000457. The van der Waals surface area contributed by atoms with E-state index < -0.39 is 0 Å². The lowest BCUT2D eigenvalue weighted by molar-refractivity contribution is 0.874. The van der Waals surface area contributed by atoms with Crippen molar-refractivity contribution in [3.8, 4) is 0 Å². The molecule has 0 amide bonds. The molecule has 11 aromatic rings. The first-order valence-electron chi connectivity index (χ1n) is 25.1. The highest BCUT2D eigenvalue weighted by atomic mass is 15.2. The molecule has 11 rings (SSSR count). The highest BCUT2D eigenvalue weighted by Crippen LogP contribution is 1.94. The molecule has 0 bridgehead atoms. The van der Waals surface area contributed by atoms with Crippen LogP contribution < -0.4 is 0 Å². The van der Waals surface area contributed by atoms with Crippen LogP contribution in [0.2, 0.25) is 0 Å². The number of aryl methyl sites for hydroxylation is 17. The Hall–Kier alpha value is -10.5. The van der Waals surface area contributed by atoms with Crippen molar-refractivity contribution in [1.82, 2.24) is 141 Å². The quantitative estimate of drug-likeness (QED) is 0.150. The predicted molar refractivity (Wildman–Crippen MR) is 310 cm³/mol. The SMILES string of the molecule is Cc1ccc(C)nn1.Cc1cccnn1.Cc1ccnnc1.Cc1cnc(C)nn1.Cc1cncc(C)n1.Cc1cnnc(C)n1.Cc1cnncn1.Cc1nccnc1C.Cc1nccnn1.Cc1ncnc(C)n1.Cc1ncncn1. The van der Waals surface area contributed by atoms with Crippen LogP contribution in [0.3, 0.4) is 0 Å². The Bertz CT molecular complexity index is 2830. The Kier molecular flexibility index (Phi) is 37.6. The minimum Gasteiger partial charge on any atom is -0.261 e. The van der Waals surface area contributed by atoms with Gasteiger partial charge in [-0.25, -0.2) is 49.8 Å². The molecule has 0 N–H and O–H groups in total. The van der Waals surface area contributed by atoms with E-state index in [0.29, 0.717) is 5.82 Å². The molecule has 0 aromatic carbocycles. The molecule has 28 heteroatoms. The van der Waals surface area contributed by atoms with Crippen LogP contribution in [0.25, 0.3) is 0 Å². The van der Waals surface area contributed by atoms with Gasteiger partial charge in [0.2, 0.25) is 0 Å². The van der Waals surface area contributed by atoms with Crippen molar-refractivity contribution in [3.05, 3.63) is 227 Å². The average molecular weight is 1130 g/mol. The second-order valence-corrected chi connectivity index (χ2v) is 16.6. The van der Waals surface area contributed by atoms with Crippen molar-refractivity contribution in [1.29, 1.82) is 0 Å². The van der Waals surface area contributed by atoms with Gasteiger partial charge >= 0.3 is 0 Å². The van der Waals surface area contributed by atoms with Crippen molar-refractivity contribution in [3.63, 3.8) is 0 Å². The molecule has 0 unspecified atom stereocenters. The van der Waals surface area contributed by atoms with E-state index in [0.717, 1.165) is 91.6 Å². The van der Waals surface area contributed by atoms with Crippen molar-refractivity contribution in [2.75, 3.05) is 0 Å². The summed E-state index contributed by atoms with van der Waals surface area (Å²) in [5, 5.41) is 51.3. The lowest BCUT2D eigenvalue weighted by Gasteiger charge is -1.91. The molecular weight excluding hydrogens is 1050 g/mol. The van der Waals surface area contributed by atoms with Gasteiger partial charge in [-0.1, -0.05) is 0 Å². The van der Waals surface area contributed by atoms with Crippen LogP contribution in [0.15, 0.2) is 130 Å². The molecule has 0 aliphatic heterocycles. The average Bonchev–Trinajstić information content (AvgIpc) is 3.46. The third-order valence-electron chi connectivity index (χ3n) is 8.60. The fourth-order valence-electron chi connectivity index (χ4n) is 4.55. The normalized spacial score (nSPS) is 9.02. The summed E-state index contributed by atoms with van der Waals surface area (Å²) in [4.78, 5) is 54.3. The zero-order chi connectivity index (χ0) is 61.5. The molecule has 0 aliphatic rings. The summed E-state index contributed by atoms with van der Waals surface area (Å²) in [7, 11) is 0. The van der Waals surface area contributed by atoms with Crippen LogP contribution in [-0.2, 0) is 0 Å². The smallest absolute Gasteiger partial charge is 0.148 e. The molecule has 83 heavy (non-hydrogen) atoms. The zero-order valence-electron chi connectivity index (χ0n) is 50.1. The minimum absolute atomic E-state index is 0.711. The van der Waals surface area contributed by atoms with E-state index in [-0.39, 0.29) is 0 Å². The van der Waals surface area contributed by atoms with Gasteiger partial charge in [0.05, 0.1) is 87.9 Å². The zero-order valence-corrected chi connectivity index (χ0v) is 50.1. The van der Waals surface area contributed by atoms with Crippen LogP contribution in [0.5, 0.6) is 0 Å². The standard InChI is InChI=1S/3C6H8N2.3C5H7N3.2C5H6N2.3C4H5N3/c1-5-3-7-4-6(2)8-5;1-5-6(2)8-4-3-7-5;1-5-3-4-6(2)8-7-5;1-4-6-3-7-5(2)8-4;1-4-3-6-8-5(2)7-4;1-4-3-6-5(2)8-7-4;1-5-2-3-6-7-4-5;1-5-3-2-4-6-7-5;1-4-6-2-5-3-7-4;1-4-2-6-7-3-5-4;1-4-5-2-3-6-7-4/h3*3-4H,1-2H3;3*3H,1-2H3;2*2-4H,1H3;3*2-3H,1H3. The van der Waals surface area contributed by atoms with Crippen LogP contribution >= 0.6 is 0 Å². The molecule has 0 aliphatic carbocycles. The fourth-order valence-corrected chi connectivity index (χ4v) is 4.55. The van der Waals surface area contributed by atoms with Gasteiger partial charge in [0.15, 0.2) is 0 Å². The van der Waals surface area contributed by atoms with Gasteiger partial charge in [-0.2, -0.15) is 51.0 Å². The highest BCUT2D eigenvalue weighted by Gasteiger charge is 1.90. The number of rotatable bonds is 0. The Labute approximate surface area is 484 Å². The third kappa shape index (κ3) is 42.1. The highest BCUT2D eigenvalue weighted by molar-refractivity contribution is 5.05. The second-order valence-electron chi connectivity index (χ2n) is 16.6.